The lowest BCUT2D eigenvalue weighted by Gasteiger charge is -2.12. The van der Waals surface area contributed by atoms with Gasteiger partial charge in [-0.2, -0.15) is 0 Å². The number of aryl methyl sites for hydroxylation is 1. The highest BCUT2D eigenvalue weighted by Crippen LogP contribution is 2.33. The SMILES string of the molecule is Cc1c(C(=O)NCCOC(C)C)sc2ncnc(NCC3CCCO3)c12. The van der Waals surface area contributed by atoms with E-state index in [0.717, 1.165) is 47.6 Å². The van der Waals surface area contributed by atoms with E-state index < -0.39 is 0 Å². The molecule has 2 N–H and O–H groups in total. The second kappa shape index (κ2) is 8.75. The predicted octanol–water partition coefficient (Wildman–Crippen LogP) is 2.75. The van der Waals surface area contributed by atoms with Crippen molar-refractivity contribution in [1.29, 1.82) is 0 Å². The van der Waals surface area contributed by atoms with Crippen LogP contribution in [0.1, 0.15) is 41.9 Å². The number of hydrogen-bond acceptors (Lipinski definition) is 7. The summed E-state index contributed by atoms with van der Waals surface area (Å²) in [5.74, 6) is 0.671. The van der Waals surface area contributed by atoms with Gasteiger partial charge < -0.3 is 20.1 Å². The minimum Gasteiger partial charge on any atom is -0.377 e. The fraction of sp³-hybridized carbons (Fsp3) is 0.611. The molecule has 0 bridgehead atoms. The molecule has 7 nitrogen and oxygen atoms in total. The maximum Gasteiger partial charge on any atom is 0.261 e. The topological polar surface area (TPSA) is 85.4 Å². The molecule has 2 aromatic rings. The Bertz CT molecular complexity index is 756. The van der Waals surface area contributed by atoms with E-state index in [1.807, 2.05) is 20.8 Å². The van der Waals surface area contributed by atoms with E-state index in [1.54, 1.807) is 0 Å². The van der Waals surface area contributed by atoms with Crippen LogP contribution in [0, 0.1) is 6.92 Å². The lowest BCUT2D eigenvalue weighted by molar-refractivity contribution is 0.0748. The number of nitrogens with one attached hydrogen (secondary N) is 2. The second-order valence-electron chi connectivity index (χ2n) is 6.65. The van der Waals surface area contributed by atoms with Gasteiger partial charge in [-0.25, -0.2) is 9.97 Å². The van der Waals surface area contributed by atoms with Crippen molar-refractivity contribution in [2.45, 2.75) is 45.8 Å². The predicted molar refractivity (Wildman–Crippen MR) is 103 cm³/mol. The molecule has 0 radical (unpaired) electrons. The van der Waals surface area contributed by atoms with Crippen LogP contribution < -0.4 is 10.6 Å². The number of ether oxygens (including phenoxy) is 2. The first-order valence-corrected chi connectivity index (χ1v) is 9.87. The molecule has 3 rings (SSSR count). The number of carbonyl (C=O) groups excluding carboxylic acids is 1. The zero-order valence-corrected chi connectivity index (χ0v) is 16.3. The van der Waals surface area contributed by atoms with Crippen LogP contribution in [0.5, 0.6) is 0 Å². The third-order valence-electron chi connectivity index (χ3n) is 4.29. The van der Waals surface area contributed by atoms with Gasteiger partial charge in [0.1, 0.15) is 17.0 Å². The number of hydrogen-bond donors (Lipinski definition) is 2. The van der Waals surface area contributed by atoms with Crippen molar-refractivity contribution in [3.05, 3.63) is 16.8 Å². The average molecular weight is 378 g/mol. The maximum absolute atomic E-state index is 12.5. The number of amides is 1. The van der Waals surface area contributed by atoms with Crippen LogP contribution in [0.4, 0.5) is 5.82 Å². The Morgan fingerprint density at radius 2 is 2.31 bits per heavy atom. The maximum atomic E-state index is 12.5. The van der Waals surface area contributed by atoms with E-state index in [2.05, 4.69) is 20.6 Å². The van der Waals surface area contributed by atoms with Crippen molar-refractivity contribution in [1.82, 2.24) is 15.3 Å². The van der Waals surface area contributed by atoms with Crippen LogP contribution >= 0.6 is 11.3 Å². The van der Waals surface area contributed by atoms with Crippen molar-refractivity contribution < 1.29 is 14.3 Å². The van der Waals surface area contributed by atoms with Crippen molar-refractivity contribution in [3.8, 4) is 0 Å². The Morgan fingerprint density at radius 1 is 1.46 bits per heavy atom. The number of thiophene rings is 1. The summed E-state index contributed by atoms with van der Waals surface area (Å²) in [5.41, 5.74) is 0.905. The molecule has 142 valence electrons. The second-order valence-corrected chi connectivity index (χ2v) is 7.65. The van der Waals surface area contributed by atoms with Crippen LogP contribution in [0.15, 0.2) is 6.33 Å². The van der Waals surface area contributed by atoms with Gasteiger partial charge in [-0.3, -0.25) is 4.79 Å². The molecule has 1 atom stereocenters. The quantitative estimate of drug-likeness (QED) is 0.687. The Morgan fingerprint density at radius 3 is 3.04 bits per heavy atom. The summed E-state index contributed by atoms with van der Waals surface area (Å²) in [6.07, 6.45) is 4.09. The molecule has 0 aromatic carbocycles. The van der Waals surface area contributed by atoms with Gasteiger partial charge in [-0.1, -0.05) is 0 Å². The highest BCUT2D eigenvalue weighted by Gasteiger charge is 2.20. The van der Waals surface area contributed by atoms with E-state index in [1.165, 1.54) is 17.7 Å². The highest BCUT2D eigenvalue weighted by atomic mass is 32.1. The van der Waals surface area contributed by atoms with Crippen LogP contribution in [-0.2, 0) is 9.47 Å². The summed E-state index contributed by atoms with van der Waals surface area (Å²) in [6.45, 7) is 8.42. The monoisotopic (exact) mass is 378 g/mol. The number of anilines is 1. The minimum atomic E-state index is -0.0945. The first-order chi connectivity index (χ1) is 12.6. The normalized spacial score (nSPS) is 17.2. The largest absolute Gasteiger partial charge is 0.377 e. The van der Waals surface area contributed by atoms with Crippen molar-refractivity contribution >= 4 is 33.3 Å². The highest BCUT2D eigenvalue weighted by molar-refractivity contribution is 7.20. The van der Waals surface area contributed by atoms with E-state index in [-0.39, 0.29) is 18.1 Å². The molecule has 2 aromatic heterocycles. The molecular weight excluding hydrogens is 352 g/mol. The molecule has 8 heteroatoms. The molecule has 1 fully saturated rings. The molecule has 26 heavy (non-hydrogen) atoms. The van der Waals surface area contributed by atoms with Gasteiger partial charge >= 0.3 is 0 Å². The van der Waals surface area contributed by atoms with Gasteiger partial charge in [0.2, 0.25) is 0 Å². The van der Waals surface area contributed by atoms with Crippen LogP contribution in [0.3, 0.4) is 0 Å². The minimum absolute atomic E-state index is 0.0945. The van der Waals surface area contributed by atoms with Crippen molar-refractivity contribution in [2.75, 3.05) is 31.6 Å². The first kappa shape index (κ1) is 19.0. The Labute approximate surface area is 157 Å². The summed E-state index contributed by atoms with van der Waals surface area (Å²) in [5, 5.41) is 7.19. The lowest BCUT2D eigenvalue weighted by Crippen LogP contribution is -2.27. The van der Waals surface area contributed by atoms with Crippen molar-refractivity contribution in [2.24, 2.45) is 0 Å². The average Bonchev–Trinajstić information content (AvgIpc) is 3.25. The summed E-state index contributed by atoms with van der Waals surface area (Å²) in [4.78, 5) is 22.7. The molecule has 1 unspecified atom stereocenters. The van der Waals surface area contributed by atoms with Crippen LogP contribution in [0.2, 0.25) is 0 Å². The van der Waals surface area contributed by atoms with E-state index in [0.29, 0.717) is 18.0 Å². The third kappa shape index (κ3) is 4.49. The molecule has 0 saturated carbocycles. The molecule has 1 aliphatic heterocycles. The Balaban J connectivity index is 1.70. The number of nitrogens with zero attached hydrogens (tertiary/aromatic N) is 2. The van der Waals surface area contributed by atoms with Crippen LogP contribution in [-0.4, -0.2) is 54.4 Å². The van der Waals surface area contributed by atoms with E-state index >= 15 is 0 Å². The van der Waals surface area contributed by atoms with Gasteiger partial charge in [0.15, 0.2) is 0 Å². The lowest BCUT2D eigenvalue weighted by atomic mass is 10.2. The number of rotatable bonds is 8. The summed E-state index contributed by atoms with van der Waals surface area (Å²) in [7, 11) is 0. The fourth-order valence-corrected chi connectivity index (χ4v) is 4.04. The van der Waals surface area contributed by atoms with Gasteiger partial charge in [-0.05, 0) is 39.2 Å². The number of carbonyl (C=O) groups is 1. The van der Waals surface area contributed by atoms with Crippen LogP contribution in [0.25, 0.3) is 10.2 Å². The zero-order chi connectivity index (χ0) is 18.5. The molecule has 1 saturated heterocycles. The third-order valence-corrected chi connectivity index (χ3v) is 5.49. The molecule has 3 heterocycles. The zero-order valence-electron chi connectivity index (χ0n) is 15.5. The van der Waals surface area contributed by atoms with Gasteiger partial charge in [-0.15, -0.1) is 11.3 Å². The summed E-state index contributed by atoms with van der Waals surface area (Å²) in [6, 6.07) is 0. The van der Waals surface area contributed by atoms with E-state index in [9.17, 15) is 4.79 Å². The molecule has 0 aliphatic carbocycles. The van der Waals surface area contributed by atoms with Gasteiger partial charge in [0.25, 0.3) is 5.91 Å². The molecule has 1 amide bonds. The standard InChI is InChI=1S/C18H26N4O3S/c1-11(2)24-8-6-19-17(23)15-12(3)14-16(21-10-22-18(14)26-15)20-9-13-5-4-7-25-13/h10-11,13H,4-9H2,1-3H3,(H,19,23)(H,20,21,22). The van der Waals surface area contributed by atoms with Gasteiger partial charge in [0, 0.05) is 19.7 Å². The van der Waals surface area contributed by atoms with E-state index in [4.69, 9.17) is 9.47 Å². The number of fused-ring (bicyclic) bond motifs is 1. The Hall–Kier alpha value is -1.77. The molecular formula is C18H26N4O3S. The first-order valence-electron chi connectivity index (χ1n) is 9.05. The Kier molecular flexibility index (Phi) is 6.39. The summed E-state index contributed by atoms with van der Waals surface area (Å²) >= 11 is 1.39. The fourth-order valence-electron chi connectivity index (χ4n) is 2.98. The van der Waals surface area contributed by atoms with Crippen molar-refractivity contribution in [3.63, 3.8) is 0 Å². The smallest absolute Gasteiger partial charge is 0.261 e. The number of aromatic nitrogens is 2. The van der Waals surface area contributed by atoms with Gasteiger partial charge in [0.05, 0.1) is 29.1 Å². The summed E-state index contributed by atoms with van der Waals surface area (Å²) < 4.78 is 11.1. The molecule has 0 spiro atoms. The molecule has 1 aliphatic rings.